The molecule has 24 heavy (non-hydrogen) atoms. The van der Waals surface area contributed by atoms with E-state index >= 15 is 0 Å². The van der Waals surface area contributed by atoms with Crippen LogP contribution in [0.5, 0.6) is 0 Å². The largest absolute Gasteiger partial charge is 0.350 e. The van der Waals surface area contributed by atoms with E-state index in [1.54, 1.807) is 10.9 Å². The van der Waals surface area contributed by atoms with Crippen molar-refractivity contribution >= 4 is 5.91 Å². The molecule has 0 spiro atoms. The third-order valence-electron chi connectivity index (χ3n) is 4.20. The number of rotatable bonds is 5. The third-order valence-corrected chi connectivity index (χ3v) is 4.20. The first kappa shape index (κ1) is 16.0. The highest BCUT2D eigenvalue weighted by atomic mass is 16.2. The lowest BCUT2D eigenvalue weighted by atomic mass is 10.1. The van der Waals surface area contributed by atoms with Crippen molar-refractivity contribution in [3.63, 3.8) is 0 Å². The minimum absolute atomic E-state index is 0.0716. The van der Waals surface area contributed by atoms with Crippen molar-refractivity contribution in [1.82, 2.24) is 25.3 Å². The van der Waals surface area contributed by atoms with Crippen molar-refractivity contribution in [1.29, 1.82) is 0 Å². The zero-order chi connectivity index (χ0) is 17.1. The van der Waals surface area contributed by atoms with E-state index in [9.17, 15) is 4.79 Å². The van der Waals surface area contributed by atoms with Gasteiger partial charge in [0.05, 0.1) is 11.9 Å². The minimum atomic E-state index is -0.380. The van der Waals surface area contributed by atoms with Crippen LogP contribution < -0.4 is 5.32 Å². The maximum atomic E-state index is 12.4. The third kappa shape index (κ3) is 3.22. The molecule has 0 radical (unpaired) electrons. The average Bonchev–Trinajstić information content (AvgIpc) is 3.21. The number of benzene rings is 1. The zero-order valence-corrected chi connectivity index (χ0v) is 14.1. The molecule has 0 bridgehead atoms. The Kier molecular flexibility index (Phi) is 4.46. The quantitative estimate of drug-likeness (QED) is 0.758. The van der Waals surface area contributed by atoms with Gasteiger partial charge in [0.25, 0.3) is 0 Å². The van der Waals surface area contributed by atoms with Gasteiger partial charge in [0.2, 0.25) is 5.91 Å². The smallest absolute Gasteiger partial charge is 0.244 e. The van der Waals surface area contributed by atoms with Crippen molar-refractivity contribution in [2.75, 3.05) is 0 Å². The fourth-order valence-corrected chi connectivity index (χ4v) is 2.61. The van der Waals surface area contributed by atoms with E-state index in [2.05, 4.69) is 20.6 Å². The number of aromatic amines is 1. The second-order valence-electron chi connectivity index (χ2n) is 5.88. The molecule has 0 fully saturated rings. The lowest BCUT2D eigenvalue weighted by Crippen LogP contribution is -2.31. The summed E-state index contributed by atoms with van der Waals surface area (Å²) in [5.74, 6) is -0.0716. The minimum Gasteiger partial charge on any atom is -0.350 e. The monoisotopic (exact) mass is 323 g/mol. The summed E-state index contributed by atoms with van der Waals surface area (Å²) < 4.78 is 1.69. The average molecular weight is 323 g/mol. The zero-order valence-electron chi connectivity index (χ0n) is 14.1. The number of aryl methyl sites for hydroxylation is 2. The number of amides is 1. The van der Waals surface area contributed by atoms with Gasteiger partial charge < -0.3 is 5.32 Å². The van der Waals surface area contributed by atoms with Gasteiger partial charge in [0.1, 0.15) is 6.04 Å². The highest BCUT2D eigenvalue weighted by molar-refractivity contribution is 5.80. The Morgan fingerprint density at radius 2 is 2.00 bits per heavy atom. The van der Waals surface area contributed by atoms with Gasteiger partial charge in [0, 0.05) is 29.6 Å². The van der Waals surface area contributed by atoms with Crippen LogP contribution >= 0.6 is 0 Å². The van der Waals surface area contributed by atoms with Crippen molar-refractivity contribution < 1.29 is 4.79 Å². The first-order valence-corrected chi connectivity index (χ1v) is 7.94. The summed E-state index contributed by atoms with van der Waals surface area (Å²) in [5, 5.41) is 14.3. The number of hydrogen-bond donors (Lipinski definition) is 2. The molecule has 1 atom stereocenters. The van der Waals surface area contributed by atoms with Crippen molar-refractivity contribution in [2.24, 2.45) is 0 Å². The number of nitrogens with one attached hydrogen (secondary N) is 2. The first-order chi connectivity index (χ1) is 11.6. The van der Waals surface area contributed by atoms with Gasteiger partial charge in [-0.2, -0.15) is 10.2 Å². The molecule has 0 saturated carbocycles. The Morgan fingerprint density at radius 1 is 1.25 bits per heavy atom. The summed E-state index contributed by atoms with van der Waals surface area (Å²) in [6.07, 6.45) is 3.68. The van der Waals surface area contributed by atoms with Crippen LogP contribution in [0.2, 0.25) is 0 Å². The summed E-state index contributed by atoms with van der Waals surface area (Å²) in [4.78, 5) is 12.4. The lowest BCUT2D eigenvalue weighted by Gasteiger charge is -2.12. The second kappa shape index (κ2) is 6.70. The number of aromatic nitrogens is 4. The molecule has 2 aromatic heterocycles. The molecule has 0 unspecified atom stereocenters. The number of hydrogen-bond acceptors (Lipinski definition) is 3. The Bertz CT molecular complexity index is 815. The van der Waals surface area contributed by atoms with Gasteiger partial charge in [-0.15, -0.1) is 0 Å². The van der Waals surface area contributed by atoms with E-state index in [0.29, 0.717) is 6.54 Å². The molecule has 6 heteroatoms. The van der Waals surface area contributed by atoms with Gasteiger partial charge in [-0.1, -0.05) is 30.3 Å². The molecule has 3 rings (SSSR count). The summed E-state index contributed by atoms with van der Waals surface area (Å²) in [7, 11) is 0. The molecular weight excluding hydrogens is 302 g/mol. The summed E-state index contributed by atoms with van der Waals surface area (Å²) in [6.45, 7) is 6.18. The Hall–Kier alpha value is -2.89. The number of H-pyrrole nitrogens is 1. The van der Waals surface area contributed by atoms with E-state index in [0.717, 1.165) is 28.1 Å². The molecule has 1 aromatic carbocycles. The molecule has 0 saturated heterocycles. The van der Waals surface area contributed by atoms with Crippen molar-refractivity contribution in [2.45, 2.75) is 33.4 Å². The SMILES string of the molecule is Cc1n[nH]c(C)c1CNC(=O)[C@@H](C)n1cc(-c2ccccc2)cn1. The van der Waals surface area contributed by atoms with Crippen molar-refractivity contribution in [3.8, 4) is 11.1 Å². The highest BCUT2D eigenvalue weighted by Gasteiger charge is 2.17. The van der Waals surface area contributed by atoms with Crippen LogP contribution in [0, 0.1) is 13.8 Å². The summed E-state index contributed by atoms with van der Waals surface area (Å²) in [5.41, 5.74) is 5.00. The predicted octanol–water partition coefficient (Wildman–Crippen LogP) is 2.77. The van der Waals surface area contributed by atoms with Gasteiger partial charge in [-0.25, -0.2) is 0 Å². The van der Waals surface area contributed by atoms with Crippen molar-refractivity contribution in [3.05, 3.63) is 59.7 Å². The van der Waals surface area contributed by atoms with Crippen LogP contribution in [0.4, 0.5) is 0 Å². The number of carbonyl (C=O) groups excluding carboxylic acids is 1. The molecule has 1 amide bonds. The maximum Gasteiger partial charge on any atom is 0.244 e. The van der Waals surface area contributed by atoms with E-state index in [1.807, 2.05) is 57.3 Å². The molecule has 2 N–H and O–H groups in total. The topological polar surface area (TPSA) is 75.6 Å². The van der Waals surface area contributed by atoms with Crippen LogP contribution in [0.3, 0.4) is 0 Å². The highest BCUT2D eigenvalue weighted by Crippen LogP contribution is 2.19. The summed E-state index contributed by atoms with van der Waals surface area (Å²) >= 11 is 0. The lowest BCUT2D eigenvalue weighted by molar-refractivity contribution is -0.124. The molecule has 124 valence electrons. The Labute approximate surface area is 140 Å². The first-order valence-electron chi connectivity index (χ1n) is 7.94. The van der Waals surface area contributed by atoms with E-state index < -0.39 is 0 Å². The maximum absolute atomic E-state index is 12.4. The molecule has 3 aromatic rings. The standard InChI is InChI=1S/C18H21N5O/c1-12-17(13(2)22-21-12)10-19-18(24)14(3)23-11-16(9-20-23)15-7-5-4-6-8-15/h4-9,11,14H,10H2,1-3H3,(H,19,24)(H,21,22)/t14-/m1/s1. The van der Waals surface area contributed by atoms with Crippen LogP contribution in [0.25, 0.3) is 11.1 Å². The second-order valence-corrected chi connectivity index (χ2v) is 5.88. The molecule has 0 aliphatic heterocycles. The predicted molar refractivity (Wildman–Crippen MR) is 92.3 cm³/mol. The van der Waals surface area contributed by atoms with E-state index in [4.69, 9.17) is 0 Å². The van der Waals surface area contributed by atoms with Crippen LogP contribution in [0.15, 0.2) is 42.7 Å². The number of nitrogens with zero attached hydrogens (tertiary/aromatic N) is 3. The summed E-state index contributed by atoms with van der Waals surface area (Å²) in [6, 6.07) is 9.61. The molecular formula is C18H21N5O. The molecule has 2 heterocycles. The van der Waals surface area contributed by atoms with Gasteiger partial charge in [0.15, 0.2) is 0 Å². The van der Waals surface area contributed by atoms with E-state index in [-0.39, 0.29) is 11.9 Å². The van der Waals surface area contributed by atoms with Gasteiger partial charge >= 0.3 is 0 Å². The van der Waals surface area contributed by atoms with Crippen LogP contribution in [-0.4, -0.2) is 25.9 Å². The van der Waals surface area contributed by atoms with Gasteiger partial charge in [-0.3, -0.25) is 14.6 Å². The van der Waals surface area contributed by atoms with Crippen LogP contribution in [0.1, 0.15) is 29.9 Å². The molecule has 0 aliphatic rings. The Morgan fingerprint density at radius 3 is 2.67 bits per heavy atom. The van der Waals surface area contributed by atoms with Crippen LogP contribution in [-0.2, 0) is 11.3 Å². The molecule has 6 nitrogen and oxygen atoms in total. The van der Waals surface area contributed by atoms with Gasteiger partial charge in [-0.05, 0) is 26.3 Å². The fraction of sp³-hybridized carbons (Fsp3) is 0.278. The normalized spacial score (nSPS) is 12.1. The fourth-order valence-electron chi connectivity index (χ4n) is 2.61. The van der Waals surface area contributed by atoms with E-state index in [1.165, 1.54) is 0 Å². The molecule has 0 aliphatic carbocycles. The number of carbonyl (C=O) groups is 1. The Balaban J connectivity index is 1.67.